The van der Waals surface area contributed by atoms with Gasteiger partial charge in [-0.05, 0) is 30.3 Å². The van der Waals surface area contributed by atoms with Gasteiger partial charge in [-0.15, -0.1) is 0 Å². The molecule has 2 aromatic heterocycles. The van der Waals surface area contributed by atoms with Crippen molar-refractivity contribution in [1.29, 1.82) is 0 Å². The van der Waals surface area contributed by atoms with Crippen molar-refractivity contribution in [2.24, 2.45) is 0 Å². The molecule has 0 aliphatic carbocycles. The average molecular weight is 234 g/mol. The van der Waals surface area contributed by atoms with Gasteiger partial charge in [0, 0.05) is 6.42 Å². The third kappa shape index (κ3) is 1.68. The van der Waals surface area contributed by atoms with Gasteiger partial charge < -0.3 is 13.6 Å². The summed E-state index contributed by atoms with van der Waals surface area (Å²) in [5, 5.41) is 0. The average Bonchev–Trinajstić information content (AvgIpc) is 3.02. The van der Waals surface area contributed by atoms with E-state index in [-0.39, 0.29) is 0 Å². The molecule has 0 bridgehead atoms. The van der Waals surface area contributed by atoms with Crippen molar-refractivity contribution in [2.75, 3.05) is 6.61 Å². The van der Waals surface area contributed by atoms with Crippen molar-refractivity contribution < 1.29 is 13.6 Å². The van der Waals surface area contributed by atoms with Gasteiger partial charge in [-0.2, -0.15) is 0 Å². The summed E-state index contributed by atoms with van der Waals surface area (Å²) in [7, 11) is -0.772. The molecule has 4 heteroatoms. The molecule has 3 nitrogen and oxygen atoms in total. The first-order chi connectivity index (χ1) is 7.95. The molecule has 82 valence electrons. The molecular weight excluding hydrogens is 223 g/mol. The minimum absolute atomic E-state index is 0.760. The summed E-state index contributed by atoms with van der Waals surface area (Å²) in [5.41, 5.74) is 2.82. The third-order valence-electron chi connectivity index (χ3n) is 2.36. The lowest BCUT2D eigenvalue weighted by Gasteiger charge is -2.13. The van der Waals surface area contributed by atoms with E-state index < -0.39 is 7.92 Å². The summed E-state index contributed by atoms with van der Waals surface area (Å²) in [6, 6.07) is 7.72. The minimum Gasteiger partial charge on any atom is -0.492 e. The fourth-order valence-corrected chi connectivity index (χ4v) is 3.67. The highest BCUT2D eigenvalue weighted by atomic mass is 31.1. The molecule has 3 heterocycles. The Labute approximate surface area is 94.5 Å². The zero-order valence-electron chi connectivity index (χ0n) is 8.63. The van der Waals surface area contributed by atoms with Gasteiger partial charge >= 0.3 is 0 Å². The summed E-state index contributed by atoms with van der Waals surface area (Å²) in [4.78, 5) is 0. The number of ether oxygens (including phenoxy) is 1. The molecule has 0 atom stereocenters. The summed E-state index contributed by atoms with van der Waals surface area (Å²) in [5.74, 6) is 0. The summed E-state index contributed by atoms with van der Waals surface area (Å²) in [6.07, 6.45) is 6.46. The molecule has 1 aliphatic rings. The topological polar surface area (TPSA) is 35.5 Å². The molecule has 2 aromatic rings. The Bertz CT molecular complexity index is 436. The van der Waals surface area contributed by atoms with Gasteiger partial charge in [0.15, 0.2) is 0 Å². The van der Waals surface area contributed by atoms with E-state index in [1.807, 2.05) is 24.3 Å². The van der Waals surface area contributed by atoms with Gasteiger partial charge in [0.1, 0.15) is 24.4 Å². The van der Waals surface area contributed by atoms with Gasteiger partial charge in [-0.25, -0.2) is 0 Å². The lowest BCUT2D eigenvalue weighted by Crippen LogP contribution is -2.10. The molecule has 0 saturated heterocycles. The number of hydrogen-bond donors (Lipinski definition) is 0. The molecule has 0 fully saturated rings. The Kier molecular flexibility index (Phi) is 2.55. The van der Waals surface area contributed by atoms with Crippen LogP contribution in [0.25, 0.3) is 0 Å². The quantitative estimate of drug-likeness (QED) is 0.765. The molecule has 16 heavy (non-hydrogen) atoms. The van der Waals surface area contributed by atoms with Gasteiger partial charge in [0.05, 0.1) is 19.1 Å². The Hall–Kier alpha value is -1.47. The number of rotatable bonds is 3. The normalized spacial score (nSPS) is 15.2. The van der Waals surface area contributed by atoms with E-state index in [9.17, 15) is 0 Å². The van der Waals surface area contributed by atoms with Crippen molar-refractivity contribution in [2.45, 2.75) is 6.42 Å². The maximum absolute atomic E-state index is 5.63. The van der Waals surface area contributed by atoms with Crippen molar-refractivity contribution in [3.63, 3.8) is 0 Å². The summed E-state index contributed by atoms with van der Waals surface area (Å²) in [6.45, 7) is 0.760. The second kappa shape index (κ2) is 4.18. The first-order valence-electron chi connectivity index (χ1n) is 5.15. The lowest BCUT2D eigenvalue weighted by molar-refractivity contribution is 0.269. The van der Waals surface area contributed by atoms with Crippen LogP contribution >= 0.6 is 7.92 Å². The van der Waals surface area contributed by atoms with Crippen LogP contribution in [0.2, 0.25) is 0 Å². The van der Waals surface area contributed by atoms with E-state index in [1.165, 1.54) is 0 Å². The standard InChI is InChI=1S/C12H11O3P/c1-4-10(13-7-1)16(11-5-2-8-14-11)12-6-3-9-15-12/h1-2,4-8H,3,9H2. The SMILES string of the molecule is C1=C(P(c2ccco2)c2ccco2)OCC1. The second-order valence-corrected chi connectivity index (χ2v) is 5.41. The highest BCUT2D eigenvalue weighted by Crippen LogP contribution is 2.45. The Morgan fingerprint density at radius 2 is 1.69 bits per heavy atom. The van der Waals surface area contributed by atoms with E-state index >= 15 is 0 Å². The van der Waals surface area contributed by atoms with Crippen LogP contribution in [0.5, 0.6) is 0 Å². The molecular formula is C12H11O3P. The van der Waals surface area contributed by atoms with E-state index in [4.69, 9.17) is 13.6 Å². The Morgan fingerprint density at radius 1 is 1.00 bits per heavy atom. The fourth-order valence-electron chi connectivity index (χ4n) is 1.68. The Balaban J connectivity index is 2.01. The van der Waals surface area contributed by atoms with Gasteiger partial charge in [-0.3, -0.25) is 0 Å². The van der Waals surface area contributed by atoms with E-state index in [0.717, 1.165) is 29.5 Å². The predicted molar refractivity (Wildman–Crippen MR) is 62.3 cm³/mol. The second-order valence-electron chi connectivity index (χ2n) is 3.42. The van der Waals surface area contributed by atoms with Crippen LogP contribution in [-0.2, 0) is 4.74 Å². The largest absolute Gasteiger partial charge is 0.492 e. The lowest BCUT2D eigenvalue weighted by atomic mass is 10.5. The van der Waals surface area contributed by atoms with Crippen molar-refractivity contribution in [3.05, 3.63) is 48.4 Å². The number of hydrogen-bond acceptors (Lipinski definition) is 3. The monoisotopic (exact) mass is 234 g/mol. The van der Waals surface area contributed by atoms with E-state index in [1.54, 1.807) is 12.5 Å². The predicted octanol–water partition coefficient (Wildman–Crippen LogP) is 2.57. The summed E-state index contributed by atoms with van der Waals surface area (Å²) >= 11 is 0. The van der Waals surface area contributed by atoms with Gasteiger partial charge in [-0.1, -0.05) is 0 Å². The molecule has 0 spiro atoms. The van der Waals surface area contributed by atoms with Crippen molar-refractivity contribution >= 4 is 18.9 Å². The maximum Gasteiger partial charge on any atom is 0.140 e. The van der Waals surface area contributed by atoms with E-state index in [2.05, 4.69) is 6.08 Å². The highest BCUT2D eigenvalue weighted by molar-refractivity contribution is 7.75. The molecule has 1 aliphatic heterocycles. The molecule has 0 radical (unpaired) electrons. The zero-order valence-corrected chi connectivity index (χ0v) is 9.52. The fraction of sp³-hybridized carbons (Fsp3) is 0.167. The summed E-state index contributed by atoms with van der Waals surface area (Å²) < 4.78 is 16.6. The van der Waals surface area contributed by atoms with Crippen molar-refractivity contribution in [3.8, 4) is 0 Å². The molecule has 0 saturated carbocycles. The van der Waals surface area contributed by atoms with Crippen LogP contribution in [0, 0.1) is 0 Å². The van der Waals surface area contributed by atoms with Crippen LogP contribution < -0.4 is 11.0 Å². The molecule has 3 rings (SSSR count). The first kappa shape index (κ1) is 9.73. The Morgan fingerprint density at radius 3 is 2.12 bits per heavy atom. The first-order valence-corrected chi connectivity index (χ1v) is 6.49. The number of furan rings is 2. The molecule has 0 unspecified atom stereocenters. The zero-order chi connectivity index (χ0) is 10.8. The molecule has 0 N–H and O–H groups in total. The molecule has 0 amide bonds. The van der Waals surface area contributed by atoms with E-state index in [0.29, 0.717) is 0 Å². The van der Waals surface area contributed by atoms with Crippen LogP contribution in [0.4, 0.5) is 0 Å². The van der Waals surface area contributed by atoms with Gasteiger partial charge in [0.2, 0.25) is 0 Å². The molecule has 0 aromatic carbocycles. The highest BCUT2D eigenvalue weighted by Gasteiger charge is 2.27. The van der Waals surface area contributed by atoms with Crippen molar-refractivity contribution in [1.82, 2.24) is 0 Å². The third-order valence-corrected chi connectivity index (χ3v) is 4.50. The van der Waals surface area contributed by atoms with Crippen LogP contribution in [0.3, 0.4) is 0 Å². The van der Waals surface area contributed by atoms with Crippen LogP contribution in [-0.4, -0.2) is 6.61 Å². The van der Waals surface area contributed by atoms with Gasteiger partial charge in [0.25, 0.3) is 0 Å². The van der Waals surface area contributed by atoms with Crippen LogP contribution in [0.1, 0.15) is 6.42 Å². The minimum atomic E-state index is -0.772. The maximum atomic E-state index is 5.63. The smallest absolute Gasteiger partial charge is 0.140 e. The van der Waals surface area contributed by atoms with Crippen LogP contribution in [0.15, 0.2) is 57.2 Å².